The molecule has 2 aromatic rings. The van der Waals surface area contributed by atoms with E-state index < -0.39 is 0 Å². The zero-order chi connectivity index (χ0) is 15.4. The summed E-state index contributed by atoms with van der Waals surface area (Å²) in [6.45, 7) is 4.62. The van der Waals surface area contributed by atoms with Crippen molar-refractivity contribution in [3.8, 4) is 0 Å². The van der Waals surface area contributed by atoms with E-state index in [0.29, 0.717) is 28.1 Å². The Labute approximate surface area is 135 Å². The van der Waals surface area contributed by atoms with Crippen molar-refractivity contribution in [2.75, 3.05) is 0 Å². The van der Waals surface area contributed by atoms with Crippen molar-refractivity contribution in [3.05, 3.63) is 69.2 Å². The number of rotatable bonds is 4. The highest BCUT2D eigenvalue weighted by Gasteiger charge is 2.08. The van der Waals surface area contributed by atoms with Crippen molar-refractivity contribution >= 4 is 29.1 Å². The fourth-order valence-electron chi connectivity index (χ4n) is 1.96. The van der Waals surface area contributed by atoms with Crippen LogP contribution in [0, 0.1) is 0 Å². The molecule has 0 bridgehead atoms. The first-order valence-electron chi connectivity index (χ1n) is 6.79. The SMILES string of the molecule is CC(C)c1ccc(C(=O)NCc2ccc(Cl)cc2Cl)cc1. The summed E-state index contributed by atoms with van der Waals surface area (Å²) >= 11 is 11.9. The topological polar surface area (TPSA) is 29.1 Å². The van der Waals surface area contributed by atoms with Crippen LogP contribution in [0.15, 0.2) is 42.5 Å². The van der Waals surface area contributed by atoms with E-state index >= 15 is 0 Å². The number of amides is 1. The summed E-state index contributed by atoms with van der Waals surface area (Å²) in [5, 5.41) is 3.99. The molecule has 0 spiro atoms. The fourth-order valence-corrected chi connectivity index (χ4v) is 2.44. The van der Waals surface area contributed by atoms with Crippen LogP contribution < -0.4 is 5.32 Å². The van der Waals surface area contributed by atoms with E-state index in [2.05, 4.69) is 19.2 Å². The van der Waals surface area contributed by atoms with Gasteiger partial charge in [-0.2, -0.15) is 0 Å². The molecule has 0 heterocycles. The second-order valence-corrected chi connectivity index (χ2v) is 6.04. The van der Waals surface area contributed by atoms with E-state index in [4.69, 9.17) is 23.2 Å². The molecule has 0 saturated heterocycles. The first-order valence-corrected chi connectivity index (χ1v) is 7.55. The molecule has 0 fully saturated rings. The molecule has 1 N–H and O–H groups in total. The van der Waals surface area contributed by atoms with Gasteiger partial charge in [0.2, 0.25) is 0 Å². The van der Waals surface area contributed by atoms with Crippen molar-refractivity contribution < 1.29 is 4.79 Å². The Morgan fingerprint density at radius 3 is 2.33 bits per heavy atom. The predicted molar refractivity (Wildman–Crippen MR) is 88.2 cm³/mol. The van der Waals surface area contributed by atoms with Crippen molar-refractivity contribution in [2.45, 2.75) is 26.3 Å². The summed E-state index contributed by atoms with van der Waals surface area (Å²) in [7, 11) is 0. The summed E-state index contributed by atoms with van der Waals surface area (Å²) in [5.41, 5.74) is 2.70. The number of hydrogen-bond acceptors (Lipinski definition) is 1. The molecular formula is C17H17Cl2NO. The Morgan fingerprint density at radius 2 is 1.76 bits per heavy atom. The second-order valence-electron chi connectivity index (χ2n) is 5.20. The molecule has 0 atom stereocenters. The highest BCUT2D eigenvalue weighted by Crippen LogP contribution is 2.21. The zero-order valence-corrected chi connectivity index (χ0v) is 13.5. The number of carbonyl (C=O) groups is 1. The Hall–Kier alpha value is -1.51. The van der Waals surface area contributed by atoms with Gasteiger partial charge in [0.15, 0.2) is 0 Å². The molecule has 21 heavy (non-hydrogen) atoms. The van der Waals surface area contributed by atoms with Gasteiger partial charge in [0.1, 0.15) is 0 Å². The maximum Gasteiger partial charge on any atom is 0.251 e. The standard InChI is InChI=1S/C17H17Cl2NO/c1-11(2)12-3-5-13(6-4-12)17(21)20-10-14-7-8-15(18)9-16(14)19/h3-9,11H,10H2,1-2H3,(H,20,21). The van der Waals surface area contributed by atoms with Crippen LogP contribution in [0.3, 0.4) is 0 Å². The van der Waals surface area contributed by atoms with Crippen molar-refractivity contribution in [1.29, 1.82) is 0 Å². The van der Waals surface area contributed by atoms with Gasteiger partial charge in [-0.25, -0.2) is 0 Å². The number of nitrogens with one attached hydrogen (secondary N) is 1. The molecule has 0 aliphatic heterocycles. The minimum Gasteiger partial charge on any atom is -0.348 e. The lowest BCUT2D eigenvalue weighted by molar-refractivity contribution is 0.0951. The Morgan fingerprint density at radius 1 is 1.10 bits per heavy atom. The molecule has 2 rings (SSSR count). The predicted octanol–water partition coefficient (Wildman–Crippen LogP) is 5.05. The van der Waals surface area contributed by atoms with Gasteiger partial charge in [-0.05, 0) is 41.3 Å². The van der Waals surface area contributed by atoms with E-state index in [1.54, 1.807) is 12.1 Å². The molecule has 2 aromatic carbocycles. The van der Waals surface area contributed by atoms with Crippen LogP contribution >= 0.6 is 23.2 Å². The number of halogens is 2. The van der Waals surface area contributed by atoms with Crippen molar-refractivity contribution in [1.82, 2.24) is 5.32 Å². The number of carbonyl (C=O) groups excluding carboxylic acids is 1. The lowest BCUT2D eigenvalue weighted by Crippen LogP contribution is -2.22. The molecule has 1 amide bonds. The van der Waals surface area contributed by atoms with Gasteiger partial charge in [0.25, 0.3) is 5.91 Å². The van der Waals surface area contributed by atoms with Crippen LogP contribution in [-0.4, -0.2) is 5.91 Å². The van der Waals surface area contributed by atoms with Crippen molar-refractivity contribution in [3.63, 3.8) is 0 Å². The quantitative estimate of drug-likeness (QED) is 0.839. The number of hydrogen-bond donors (Lipinski definition) is 1. The van der Waals surface area contributed by atoms with Crippen LogP contribution in [-0.2, 0) is 6.54 Å². The largest absolute Gasteiger partial charge is 0.348 e. The Bertz CT molecular complexity index is 636. The minimum atomic E-state index is -0.115. The molecule has 2 nitrogen and oxygen atoms in total. The van der Waals surface area contributed by atoms with Crippen LogP contribution in [0.4, 0.5) is 0 Å². The monoisotopic (exact) mass is 321 g/mol. The van der Waals surface area contributed by atoms with Gasteiger partial charge in [-0.3, -0.25) is 4.79 Å². The van der Waals surface area contributed by atoms with E-state index in [9.17, 15) is 4.79 Å². The highest BCUT2D eigenvalue weighted by molar-refractivity contribution is 6.35. The van der Waals surface area contributed by atoms with Crippen LogP contribution in [0.25, 0.3) is 0 Å². The maximum absolute atomic E-state index is 12.1. The first-order chi connectivity index (χ1) is 9.97. The molecule has 0 saturated carbocycles. The second kappa shape index (κ2) is 6.97. The van der Waals surface area contributed by atoms with Gasteiger partial charge < -0.3 is 5.32 Å². The molecule has 4 heteroatoms. The van der Waals surface area contributed by atoms with E-state index in [1.807, 2.05) is 30.3 Å². The summed E-state index contributed by atoms with van der Waals surface area (Å²) in [6.07, 6.45) is 0. The van der Waals surface area contributed by atoms with Gasteiger partial charge in [-0.1, -0.05) is 55.2 Å². The van der Waals surface area contributed by atoms with Crippen LogP contribution in [0.2, 0.25) is 10.0 Å². The Kier molecular flexibility index (Phi) is 5.27. The fraction of sp³-hybridized carbons (Fsp3) is 0.235. The average molecular weight is 322 g/mol. The summed E-state index contributed by atoms with van der Waals surface area (Å²) in [5.74, 6) is 0.339. The zero-order valence-electron chi connectivity index (χ0n) is 12.0. The van der Waals surface area contributed by atoms with Crippen LogP contribution in [0.1, 0.15) is 41.3 Å². The third-order valence-corrected chi connectivity index (χ3v) is 3.88. The van der Waals surface area contributed by atoms with Crippen molar-refractivity contribution in [2.24, 2.45) is 0 Å². The van der Waals surface area contributed by atoms with Gasteiger partial charge in [-0.15, -0.1) is 0 Å². The molecule has 0 aliphatic rings. The summed E-state index contributed by atoms with van der Waals surface area (Å²) < 4.78 is 0. The van der Waals surface area contributed by atoms with E-state index in [1.165, 1.54) is 5.56 Å². The molecule has 0 radical (unpaired) electrons. The molecule has 0 aromatic heterocycles. The highest BCUT2D eigenvalue weighted by atomic mass is 35.5. The Balaban J connectivity index is 2.01. The lowest BCUT2D eigenvalue weighted by atomic mass is 10.0. The molecular weight excluding hydrogens is 305 g/mol. The summed E-state index contributed by atoms with van der Waals surface area (Å²) in [6, 6.07) is 12.9. The average Bonchev–Trinajstić information content (AvgIpc) is 2.46. The number of benzene rings is 2. The van der Waals surface area contributed by atoms with Gasteiger partial charge >= 0.3 is 0 Å². The minimum absolute atomic E-state index is 0.115. The third-order valence-electron chi connectivity index (χ3n) is 3.29. The molecule has 0 aliphatic carbocycles. The lowest BCUT2D eigenvalue weighted by Gasteiger charge is -2.09. The van der Waals surface area contributed by atoms with Gasteiger partial charge in [0.05, 0.1) is 0 Å². The third kappa shape index (κ3) is 4.23. The van der Waals surface area contributed by atoms with E-state index in [-0.39, 0.29) is 5.91 Å². The van der Waals surface area contributed by atoms with E-state index in [0.717, 1.165) is 5.56 Å². The molecule has 110 valence electrons. The van der Waals surface area contributed by atoms with Gasteiger partial charge in [0, 0.05) is 22.2 Å². The van der Waals surface area contributed by atoms with Crippen LogP contribution in [0.5, 0.6) is 0 Å². The normalized spacial score (nSPS) is 10.7. The summed E-state index contributed by atoms with van der Waals surface area (Å²) in [4.78, 5) is 12.1. The smallest absolute Gasteiger partial charge is 0.251 e. The molecule has 0 unspecified atom stereocenters. The maximum atomic E-state index is 12.1. The first kappa shape index (κ1) is 15.9.